The minimum atomic E-state index is -3.54. The van der Waals surface area contributed by atoms with Gasteiger partial charge in [0.05, 0.1) is 18.1 Å². The van der Waals surface area contributed by atoms with E-state index in [1.165, 1.54) is 6.42 Å². The molecule has 3 fully saturated rings. The third-order valence-corrected chi connectivity index (χ3v) is 10.1. The van der Waals surface area contributed by atoms with Gasteiger partial charge in [-0.1, -0.05) is 17.7 Å². The maximum atomic E-state index is 13.4. The van der Waals surface area contributed by atoms with Crippen molar-refractivity contribution >= 4 is 15.9 Å². The van der Waals surface area contributed by atoms with Gasteiger partial charge in [-0.25, -0.2) is 8.42 Å². The fourth-order valence-corrected chi connectivity index (χ4v) is 7.82. The van der Waals surface area contributed by atoms with Gasteiger partial charge >= 0.3 is 0 Å². The second-order valence-corrected chi connectivity index (χ2v) is 12.3. The van der Waals surface area contributed by atoms with Crippen molar-refractivity contribution in [3.63, 3.8) is 0 Å². The van der Waals surface area contributed by atoms with Crippen molar-refractivity contribution < 1.29 is 17.9 Å². The number of morpholine rings is 1. The van der Waals surface area contributed by atoms with Gasteiger partial charge < -0.3 is 9.64 Å². The molecule has 8 heteroatoms. The highest BCUT2D eigenvalue weighted by Gasteiger charge is 2.36. The molecule has 7 nitrogen and oxygen atoms in total. The van der Waals surface area contributed by atoms with Crippen LogP contribution in [0.15, 0.2) is 17.0 Å². The van der Waals surface area contributed by atoms with Crippen molar-refractivity contribution in [2.45, 2.75) is 57.8 Å². The number of hydrogen-bond acceptors (Lipinski definition) is 5. The minimum Gasteiger partial charge on any atom is -0.379 e. The van der Waals surface area contributed by atoms with Gasteiger partial charge in [0, 0.05) is 45.2 Å². The van der Waals surface area contributed by atoms with Crippen molar-refractivity contribution in [1.82, 2.24) is 14.1 Å². The lowest BCUT2D eigenvalue weighted by atomic mass is 9.91. The summed E-state index contributed by atoms with van der Waals surface area (Å²) in [5, 5.41) is 0. The van der Waals surface area contributed by atoms with Crippen molar-refractivity contribution in [2.24, 2.45) is 11.8 Å². The van der Waals surface area contributed by atoms with E-state index in [4.69, 9.17) is 4.74 Å². The predicted molar refractivity (Wildman–Crippen MR) is 133 cm³/mol. The molecule has 0 radical (unpaired) electrons. The Morgan fingerprint density at radius 1 is 0.912 bits per heavy atom. The van der Waals surface area contributed by atoms with Gasteiger partial charge in [-0.15, -0.1) is 0 Å². The number of carbonyl (C=O) groups is 1. The normalized spacial score (nSPS) is 22.3. The predicted octanol–water partition coefficient (Wildman–Crippen LogP) is 2.97. The van der Waals surface area contributed by atoms with Gasteiger partial charge in [0.2, 0.25) is 15.9 Å². The number of nitrogens with zero attached hydrogens (tertiary/aromatic N) is 3. The first-order chi connectivity index (χ1) is 16.3. The van der Waals surface area contributed by atoms with E-state index in [-0.39, 0.29) is 11.8 Å². The van der Waals surface area contributed by atoms with Crippen LogP contribution in [0.1, 0.15) is 48.8 Å². The molecule has 0 spiro atoms. The summed E-state index contributed by atoms with van der Waals surface area (Å²) in [6.45, 7) is 13.1. The Morgan fingerprint density at radius 3 is 2.09 bits per heavy atom. The highest BCUT2D eigenvalue weighted by atomic mass is 32.2. The lowest BCUT2D eigenvalue weighted by molar-refractivity contribution is -0.138. The number of piperidine rings is 2. The Balaban J connectivity index is 1.25. The van der Waals surface area contributed by atoms with Crippen LogP contribution in [0.3, 0.4) is 0 Å². The molecule has 4 rings (SSSR count). The molecule has 190 valence electrons. The van der Waals surface area contributed by atoms with E-state index in [1.54, 1.807) is 4.31 Å². The summed E-state index contributed by atoms with van der Waals surface area (Å²) in [5.74, 6) is 0.864. The molecule has 0 bridgehead atoms. The summed E-state index contributed by atoms with van der Waals surface area (Å²) in [6.07, 6.45) is 4.58. The molecular formula is C26H41N3O4S. The number of hydrogen-bond donors (Lipinski definition) is 0. The molecule has 1 amide bonds. The fraction of sp³-hybridized carbons (Fsp3) is 0.731. The van der Waals surface area contributed by atoms with Crippen LogP contribution in [0.25, 0.3) is 0 Å². The average Bonchev–Trinajstić information content (AvgIpc) is 2.82. The summed E-state index contributed by atoms with van der Waals surface area (Å²) >= 11 is 0. The molecule has 3 aliphatic rings. The monoisotopic (exact) mass is 491 g/mol. The van der Waals surface area contributed by atoms with E-state index in [1.807, 2.05) is 37.8 Å². The Kier molecular flexibility index (Phi) is 8.33. The Hall–Kier alpha value is -1.48. The zero-order valence-corrected chi connectivity index (χ0v) is 21.9. The Bertz CT molecular complexity index is 935. The van der Waals surface area contributed by atoms with Crippen LogP contribution >= 0.6 is 0 Å². The van der Waals surface area contributed by atoms with Crippen LogP contribution in [0.2, 0.25) is 0 Å². The first kappa shape index (κ1) is 25.6. The zero-order chi connectivity index (χ0) is 24.3. The molecule has 3 saturated heterocycles. The van der Waals surface area contributed by atoms with Crippen LogP contribution < -0.4 is 0 Å². The maximum Gasteiger partial charge on any atom is 0.243 e. The van der Waals surface area contributed by atoms with Crippen LogP contribution in [0.4, 0.5) is 0 Å². The largest absolute Gasteiger partial charge is 0.379 e. The smallest absolute Gasteiger partial charge is 0.243 e. The number of benzene rings is 1. The van der Waals surface area contributed by atoms with Gasteiger partial charge in [0.1, 0.15) is 0 Å². The van der Waals surface area contributed by atoms with E-state index >= 15 is 0 Å². The van der Waals surface area contributed by atoms with E-state index in [0.29, 0.717) is 36.7 Å². The number of carbonyl (C=O) groups excluding carboxylic acids is 1. The number of ether oxygens (including phenoxy) is 1. The van der Waals surface area contributed by atoms with E-state index in [9.17, 15) is 13.2 Å². The zero-order valence-electron chi connectivity index (χ0n) is 21.1. The number of amides is 1. The summed E-state index contributed by atoms with van der Waals surface area (Å²) in [6, 6.07) is 3.86. The second kappa shape index (κ2) is 11.1. The third-order valence-electron chi connectivity index (χ3n) is 7.89. The molecule has 0 aromatic heterocycles. The van der Waals surface area contributed by atoms with Crippen LogP contribution in [-0.4, -0.2) is 87.5 Å². The van der Waals surface area contributed by atoms with Crippen molar-refractivity contribution in [3.05, 3.63) is 28.8 Å². The molecule has 0 N–H and O–H groups in total. The minimum absolute atomic E-state index is 0.0587. The van der Waals surface area contributed by atoms with Crippen LogP contribution in [-0.2, 0) is 19.6 Å². The molecular weight excluding hydrogens is 450 g/mol. The van der Waals surface area contributed by atoms with Gasteiger partial charge in [-0.2, -0.15) is 4.31 Å². The van der Waals surface area contributed by atoms with Crippen molar-refractivity contribution in [1.29, 1.82) is 0 Å². The summed E-state index contributed by atoms with van der Waals surface area (Å²) in [5.41, 5.74) is 2.67. The lowest BCUT2D eigenvalue weighted by Gasteiger charge is -2.37. The lowest BCUT2D eigenvalue weighted by Crippen LogP contribution is -2.47. The number of aryl methyl sites for hydroxylation is 3. The molecule has 34 heavy (non-hydrogen) atoms. The van der Waals surface area contributed by atoms with Crippen molar-refractivity contribution in [2.75, 3.05) is 59.0 Å². The molecule has 0 saturated carbocycles. The molecule has 1 aromatic rings. The average molecular weight is 492 g/mol. The van der Waals surface area contributed by atoms with Gasteiger partial charge in [0.25, 0.3) is 0 Å². The third kappa shape index (κ3) is 5.83. The topological polar surface area (TPSA) is 70.2 Å². The highest BCUT2D eigenvalue weighted by molar-refractivity contribution is 7.89. The molecule has 0 aliphatic carbocycles. The quantitative estimate of drug-likeness (QED) is 0.612. The van der Waals surface area contributed by atoms with E-state index in [0.717, 1.165) is 75.5 Å². The number of sulfonamides is 1. The van der Waals surface area contributed by atoms with Gasteiger partial charge in [-0.05, 0) is 76.5 Å². The van der Waals surface area contributed by atoms with Gasteiger partial charge in [0.15, 0.2) is 0 Å². The second-order valence-electron chi connectivity index (χ2n) is 10.4. The molecule has 3 heterocycles. The fourth-order valence-electron chi connectivity index (χ4n) is 5.94. The first-order valence-corrected chi connectivity index (χ1v) is 14.4. The number of likely N-dealkylation sites (tertiary alicyclic amines) is 1. The molecule has 0 unspecified atom stereocenters. The summed E-state index contributed by atoms with van der Waals surface area (Å²) in [4.78, 5) is 18.1. The molecule has 1 aromatic carbocycles. The Morgan fingerprint density at radius 2 is 1.50 bits per heavy atom. The van der Waals surface area contributed by atoms with E-state index in [2.05, 4.69) is 4.90 Å². The summed E-state index contributed by atoms with van der Waals surface area (Å²) < 4.78 is 33.7. The Labute approximate surface area is 205 Å². The molecule has 0 atom stereocenters. The SMILES string of the molecule is Cc1cc(C)c(S(=O)(=O)N2CCC(C(=O)N3CCC(CCN4CCOCC4)CC3)CC2)c(C)c1. The van der Waals surface area contributed by atoms with Crippen molar-refractivity contribution in [3.8, 4) is 0 Å². The molecule has 3 aliphatic heterocycles. The maximum absolute atomic E-state index is 13.4. The van der Waals surface area contributed by atoms with Crippen LogP contribution in [0, 0.1) is 32.6 Å². The van der Waals surface area contributed by atoms with E-state index < -0.39 is 10.0 Å². The number of rotatable bonds is 6. The van der Waals surface area contributed by atoms with Crippen LogP contribution in [0.5, 0.6) is 0 Å². The van der Waals surface area contributed by atoms with Gasteiger partial charge in [-0.3, -0.25) is 9.69 Å². The highest BCUT2D eigenvalue weighted by Crippen LogP contribution is 2.30. The summed E-state index contributed by atoms with van der Waals surface area (Å²) in [7, 11) is -3.54. The standard InChI is InChI=1S/C26H41N3O4S/c1-20-18-21(2)25(22(3)19-20)34(31,32)29-12-7-24(8-13-29)26(30)28-10-5-23(6-11-28)4-9-27-14-16-33-17-15-27/h18-19,23-24H,4-17H2,1-3H3. The first-order valence-electron chi connectivity index (χ1n) is 12.9.